The highest BCUT2D eigenvalue weighted by Gasteiger charge is 2.03. The van der Waals surface area contributed by atoms with Gasteiger partial charge in [0.1, 0.15) is 0 Å². The first-order valence-electron chi connectivity index (χ1n) is 8.15. The summed E-state index contributed by atoms with van der Waals surface area (Å²) in [4.78, 5) is 0. The molecule has 0 aliphatic rings. The average Bonchev–Trinajstić information content (AvgIpc) is 2.27. The Morgan fingerprint density at radius 3 is 1.14 bits per heavy atom. The SMILES string of the molecule is C[N+](C)(C)/N=C(\[O-])CCCCCCCC/C([O-])=N/[N+](C)(C)C. The predicted octanol–water partition coefficient (Wildman–Crippen LogP) is 0.867. The number of hydrogen-bond acceptors (Lipinski definition) is 4. The standard InChI is InChI=1S/C16H34N4O2/c1-19(2,3)17-15(21)13-11-9-7-8-10-12-14-16(22)18-20(4,5)6/h7-14H2,1-6H3. The lowest BCUT2D eigenvalue weighted by Crippen LogP contribution is -2.32. The molecule has 0 aliphatic heterocycles. The van der Waals surface area contributed by atoms with E-state index in [0.29, 0.717) is 22.0 Å². The molecule has 22 heavy (non-hydrogen) atoms. The molecule has 6 heteroatoms. The third-order valence-corrected chi connectivity index (χ3v) is 2.85. The highest BCUT2D eigenvalue weighted by molar-refractivity contribution is 5.70. The van der Waals surface area contributed by atoms with E-state index >= 15 is 0 Å². The number of nitrogens with zero attached hydrogens (tertiary/aromatic N) is 4. The van der Waals surface area contributed by atoms with Gasteiger partial charge in [0.15, 0.2) is 0 Å². The van der Waals surface area contributed by atoms with Crippen molar-refractivity contribution in [1.29, 1.82) is 0 Å². The van der Waals surface area contributed by atoms with Crippen LogP contribution in [-0.4, -0.2) is 63.3 Å². The Bertz CT molecular complexity index is 329. The minimum absolute atomic E-state index is 0.0139. The Labute approximate surface area is 135 Å². The van der Waals surface area contributed by atoms with Gasteiger partial charge >= 0.3 is 0 Å². The summed E-state index contributed by atoms with van der Waals surface area (Å²) in [6, 6.07) is 0. The zero-order valence-electron chi connectivity index (χ0n) is 15.3. The quantitative estimate of drug-likeness (QED) is 0.187. The van der Waals surface area contributed by atoms with Gasteiger partial charge in [-0.15, -0.1) is 10.2 Å². The van der Waals surface area contributed by atoms with Gasteiger partial charge in [0.2, 0.25) is 0 Å². The van der Waals surface area contributed by atoms with Gasteiger partial charge in [-0.2, -0.15) is 0 Å². The van der Waals surface area contributed by atoms with Gasteiger partial charge in [-0.3, -0.25) is 0 Å². The molecule has 0 bridgehead atoms. The summed E-state index contributed by atoms with van der Waals surface area (Å²) in [7, 11) is 11.3. The maximum atomic E-state index is 11.6. The van der Waals surface area contributed by atoms with Crippen LogP contribution in [0.2, 0.25) is 0 Å². The number of rotatable bonds is 11. The summed E-state index contributed by atoms with van der Waals surface area (Å²) < 4.78 is 0.677. The van der Waals surface area contributed by atoms with Crippen LogP contribution in [0.15, 0.2) is 10.2 Å². The zero-order chi connectivity index (χ0) is 17.2. The van der Waals surface area contributed by atoms with Crippen LogP contribution < -0.4 is 10.2 Å². The monoisotopic (exact) mass is 314 g/mol. The van der Waals surface area contributed by atoms with Crippen LogP contribution >= 0.6 is 0 Å². The molecule has 0 radical (unpaired) electrons. The van der Waals surface area contributed by atoms with Crippen molar-refractivity contribution in [2.24, 2.45) is 10.2 Å². The lowest BCUT2D eigenvalue weighted by molar-refractivity contribution is -0.878. The van der Waals surface area contributed by atoms with E-state index in [1.54, 1.807) is 0 Å². The highest BCUT2D eigenvalue weighted by Crippen LogP contribution is 2.09. The summed E-state index contributed by atoms with van der Waals surface area (Å²) in [5.41, 5.74) is 0. The second-order valence-corrected chi connectivity index (χ2v) is 7.49. The van der Waals surface area contributed by atoms with Crippen LogP contribution in [0.25, 0.3) is 0 Å². The number of hydrogen-bond donors (Lipinski definition) is 0. The fourth-order valence-corrected chi connectivity index (χ4v) is 2.03. The molecular formula is C16H34N4O2. The van der Waals surface area contributed by atoms with Crippen molar-refractivity contribution in [2.45, 2.75) is 51.4 Å². The van der Waals surface area contributed by atoms with Gasteiger partial charge in [-0.1, -0.05) is 25.7 Å². The van der Waals surface area contributed by atoms with Crippen molar-refractivity contribution >= 4 is 11.8 Å². The van der Waals surface area contributed by atoms with Crippen molar-refractivity contribution in [3.63, 3.8) is 0 Å². The third-order valence-electron chi connectivity index (χ3n) is 2.85. The molecule has 0 unspecified atom stereocenters. The van der Waals surface area contributed by atoms with E-state index in [1.165, 1.54) is 0 Å². The first-order chi connectivity index (χ1) is 9.99. The van der Waals surface area contributed by atoms with Gasteiger partial charge in [0.25, 0.3) is 0 Å². The summed E-state index contributed by atoms with van der Waals surface area (Å²) in [5.74, 6) is -0.0278. The second kappa shape index (κ2) is 9.79. The Hall–Kier alpha value is -1.14. The van der Waals surface area contributed by atoms with Crippen LogP contribution in [0, 0.1) is 0 Å². The molecule has 0 rings (SSSR count). The number of unbranched alkanes of at least 4 members (excludes halogenated alkanes) is 5. The summed E-state index contributed by atoms with van der Waals surface area (Å²) in [5, 5.41) is 31.2. The predicted molar refractivity (Wildman–Crippen MR) is 87.9 cm³/mol. The first kappa shape index (κ1) is 20.9. The molecule has 0 amide bonds. The van der Waals surface area contributed by atoms with Gasteiger partial charge in [0, 0.05) is 11.8 Å². The fraction of sp³-hybridized carbons (Fsp3) is 0.875. The largest absolute Gasteiger partial charge is 0.858 e. The van der Waals surface area contributed by atoms with Crippen LogP contribution in [-0.2, 0) is 0 Å². The highest BCUT2D eigenvalue weighted by atomic mass is 16.3. The van der Waals surface area contributed by atoms with Gasteiger partial charge in [0.05, 0.1) is 42.3 Å². The van der Waals surface area contributed by atoms with E-state index < -0.39 is 0 Å². The molecule has 0 aliphatic carbocycles. The molecule has 0 aromatic carbocycles. The zero-order valence-corrected chi connectivity index (χ0v) is 15.3. The van der Waals surface area contributed by atoms with Crippen molar-refractivity contribution in [3.8, 4) is 0 Å². The Kier molecular flexibility index (Phi) is 9.28. The fourth-order valence-electron chi connectivity index (χ4n) is 2.03. The molecule has 0 atom stereocenters. The summed E-state index contributed by atoms with van der Waals surface area (Å²) in [6.45, 7) is 0. The lowest BCUT2D eigenvalue weighted by Gasteiger charge is -2.20. The van der Waals surface area contributed by atoms with Gasteiger partial charge in [-0.25, -0.2) is 9.18 Å². The first-order valence-corrected chi connectivity index (χ1v) is 8.15. The number of quaternary nitrogens is 2. The normalized spacial score (nSPS) is 14.5. The van der Waals surface area contributed by atoms with Gasteiger partial charge in [-0.05, 0) is 25.7 Å². The topological polar surface area (TPSA) is 70.8 Å². The van der Waals surface area contributed by atoms with Crippen molar-refractivity contribution in [3.05, 3.63) is 0 Å². The second-order valence-electron chi connectivity index (χ2n) is 7.49. The van der Waals surface area contributed by atoms with Crippen LogP contribution in [0.3, 0.4) is 0 Å². The molecule has 0 fully saturated rings. The van der Waals surface area contributed by atoms with E-state index in [9.17, 15) is 10.2 Å². The van der Waals surface area contributed by atoms with E-state index in [4.69, 9.17) is 0 Å². The van der Waals surface area contributed by atoms with E-state index in [0.717, 1.165) is 38.5 Å². The van der Waals surface area contributed by atoms with E-state index in [2.05, 4.69) is 10.2 Å². The van der Waals surface area contributed by atoms with Crippen LogP contribution in [0.4, 0.5) is 0 Å². The smallest absolute Gasteiger partial charge is 0.0923 e. The maximum Gasteiger partial charge on any atom is 0.0923 e. The lowest BCUT2D eigenvalue weighted by atomic mass is 10.1. The summed E-state index contributed by atoms with van der Waals surface area (Å²) in [6.07, 6.45) is 7.20. The molecule has 130 valence electrons. The third kappa shape index (κ3) is 15.3. The molecule has 0 aromatic heterocycles. The molecule has 0 spiro atoms. The molecule has 0 saturated carbocycles. The van der Waals surface area contributed by atoms with E-state index in [1.807, 2.05) is 42.3 Å². The molecule has 0 heterocycles. The molecular weight excluding hydrogens is 280 g/mol. The van der Waals surface area contributed by atoms with Crippen molar-refractivity contribution in [1.82, 2.24) is 0 Å². The van der Waals surface area contributed by atoms with Gasteiger partial charge < -0.3 is 10.2 Å². The average molecular weight is 314 g/mol. The Balaban J connectivity index is 3.60. The minimum atomic E-state index is -0.0139. The maximum absolute atomic E-state index is 11.6. The summed E-state index contributed by atoms with van der Waals surface area (Å²) >= 11 is 0. The molecule has 0 saturated heterocycles. The Morgan fingerprint density at radius 1 is 0.591 bits per heavy atom. The molecule has 0 aromatic rings. The van der Waals surface area contributed by atoms with Crippen molar-refractivity contribution < 1.29 is 19.4 Å². The van der Waals surface area contributed by atoms with Crippen molar-refractivity contribution in [2.75, 3.05) is 42.3 Å². The minimum Gasteiger partial charge on any atom is -0.858 e. The molecule has 6 nitrogen and oxygen atoms in total. The molecule has 0 N–H and O–H groups in total. The van der Waals surface area contributed by atoms with Crippen LogP contribution in [0.1, 0.15) is 51.4 Å². The van der Waals surface area contributed by atoms with Crippen LogP contribution in [0.5, 0.6) is 0 Å². The van der Waals surface area contributed by atoms with E-state index in [-0.39, 0.29) is 11.8 Å². The Morgan fingerprint density at radius 2 is 0.864 bits per heavy atom.